The molecule has 70 valence electrons. The Balaban J connectivity index is 2.13. The van der Waals surface area contributed by atoms with Gasteiger partial charge in [-0.3, -0.25) is 4.99 Å². The van der Waals surface area contributed by atoms with Gasteiger partial charge in [0.25, 0.3) is 0 Å². The lowest BCUT2D eigenvalue weighted by molar-refractivity contribution is 1.17. The number of aliphatic imine (C=N–C) groups is 1. The summed E-state index contributed by atoms with van der Waals surface area (Å²) in [4.78, 5) is 4.27. The Morgan fingerprint density at radius 1 is 1.50 bits per heavy atom. The van der Waals surface area contributed by atoms with Gasteiger partial charge in [0, 0.05) is 11.4 Å². The molecule has 1 aliphatic rings. The van der Waals surface area contributed by atoms with Crippen LogP contribution in [0.4, 0.5) is 5.69 Å². The van der Waals surface area contributed by atoms with Crippen molar-refractivity contribution >= 4 is 22.6 Å². The standard InChI is InChI=1S/C10H9N3S/c11-7-8-2-1-3-9(6-8)13-10-12-4-5-14-10/h1-3,6H,4-5H2,(H,12,13). The number of nitriles is 1. The number of rotatable bonds is 1. The second-order valence-corrected chi connectivity index (χ2v) is 3.94. The summed E-state index contributed by atoms with van der Waals surface area (Å²) in [6, 6.07) is 9.51. The summed E-state index contributed by atoms with van der Waals surface area (Å²) in [6.45, 7) is 0.880. The molecule has 1 heterocycles. The second-order valence-electron chi connectivity index (χ2n) is 2.85. The smallest absolute Gasteiger partial charge is 0.161 e. The Kier molecular flexibility index (Phi) is 2.70. The summed E-state index contributed by atoms with van der Waals surface area (Å²) >= 11 is 1.71. The van der Waals surface area contributed by atoms with E-state index in [4.69, 9.17) is 5.26 Å². The molecule has 3 nitrogen and oxygen atoms in total. The van der Waals surface area contributed by atoms with E-state index in [-0.39, 0.29) is 0 Å². The van der Waals surface area contributed by atoms with Gasteiger partial charge in [-0.2, -0.15) is 5.26 Å². The fraction of sp³-hybridized carbons (Fsp3) is 0.200. The van der Waals surface area contributed by atoms with Crippen LogP contribution in [0.15, 0.2) is 29.3 Å². The maximum absolute atomic E-state index is 8.71. The van der Waals surface area contributed by atoms with Gasteiger partial charge in [0.05, 0.1) is 18.2 Å². The maximum atomic E-state index is 8.71. The van der Waals surface area contributed by atoms with E-state index in [0.717, 1.165) is 23.2 Å². The number of benzene rings is 1. The number of thioether (sulfide) groups is 1. The topological polar surface area (TPSA) is 48.2 Å². The molecule has 1 aromatic rings. The minimum absolute atomic E-state index is 0.665. The first-order valence-electron chi connectivity index (χ1n) is 4.33. The van der Waals surface area contributed by atoms with E-state index in [0.29, 0.717) is 5.56 Å². The molecule has 0 aromatic heterocycles. The van der Waals surface area contributed by atoms with Gasteiger partial charge in [0.1, 0.15) is 0 Å². The first kappa shape index (κ1) is 9.10. The Bertz CT molecular complexity index is 406. The Labute approximate surface area is 86.8 Å². The normalized spacial score (nSPS) is 14.6. The number of anilines is 1. The molecular weight excluding hydrogens is 194 g/mol. The number of hydrogen-bond acceptors (Lipinski definition) is 4. The quantitative estimate of drug-likeness (QED) is 0.760. The van der Waals surface area contributed by atoms with Crippen molar-refractivity contribution in [1.82, 2.24) is 0 Å². The fourth-order valence-corrected chi connectivity index (χ4v) is 1.95. The van der Waals surface area contributed by atoms with E-state index in [2.05, 4.69) is 16.4 Å². The second kappa shape index (κ2) is 4.16. The molecule has 0 unspecified atom stereocenters. The van der Waals surface area contributed by atoms with Crippen LogP contribution in [0.3, 0.4) is 0 Å². The van der Waals surface area contributed by atoms with Crippen molar-refractivity contribution in [2.75, 3.05) is 17.6 Å². The molecule has 0 aliphatic carbocycles. The Morgan fingerprint density at radius 2 is 2.43 bits per heavy atom. The first-order valence-corrected chi connectivity index (χ1v) is 5.31. The first-order chi connectivity index (χ1) is 6.88. The van der Waals surface area contributed by atoms with Crippen LogP contribution in [0, 0.1) is 11.3 Å². The summed E-state index contributed by atoms with van der Waals surface area (Å²) in [5.41, 5.74) is 1.59. The van der Waals surface area contributed by atoms with Crippen molar-refractivity contribution in [3.05, 3.63) is 29.8 Å². The maximum Gasteiger partial charge on any atom is 0.161 e. The van der Waals surface area contributed by atoms with Gasteiger partial charge < -0.3 is 5.32 Å². The molecule has 0 radical (unpaired) electrons. The Hall–Kier alpha value is -1.47. The van der Waals surface area contributed by atoms with Crippen molar-refractivity contribution in [3.8, 4) is 6.07 Å². The number of hydrogen-bond donors (Lipinski definition) is 1. The highest BCUT2D eigenvalue weighted by Crippen LogP contribution is 2.16. The third-order valence-electron chi connectivity index (χ3n) is 1.83. The van der Waals surface area contributed by atoms with E-state index < -0.39 is 0 Å². The van der Waals surface area contributed by atoms with Gasteiger partial charge in [-0.05, 0) is 18.2 Å². The van der Waals surface area contributed by atoms with E-state index in [9.17, 15) is 0 Å². The molecule has 0 saturated heterocycles. The van der Waals surface area contributed by atoms with Crippen molar-refractivity contribution in [2.45, 2.75) is 0 Å². The summed E-state index contributed by atoms with van der Waals surface area (Å²) in [5.74, 6) is 1.04. The molecule has 1 N–H and O–H groups in total. The SMILES string of the molecule is N#Cc1cccc(NC2=NCCS2)c1. The largest absolute Gasteiger partial charge is 0.335 e. The van der Waals surface area contributed by atoms with Crippen LogP contribution in [0.25, 0.3) is 0 Å². The van der Waals surface area contributed by atoms with Crippen LogP contribution in [0.1, 0.15) is 5.56 Å². The summed E-state index contributed by atoms with van der Waals surface area (Å²) in [5, 5.41) is 12.8. The van der Waals surface area contributed by atoms with E-state index >= 15 is 0 Å². The highest BCUT2D eigenvalue weighted by atomic mass is 32.2. The van der Waals surface area contributed by atoms with E-state index in [1.165, 1.54) is 0 Å². The van der Waals surface area contributed by atoms with Gasteiger partial charge in [0.15, 0.2) is 5.17 Å². The lowest BCUT2D eigenvalue weighted by Crippen LogP contribution is -2.04. The lowest BCUT2D eigenvalue weighted by atomic mass is 10.2. The molecule has 1 aromatic carbocycles. The minimum Gasteiger partial charge on any atom is -0.335 e. The monoisotopic (exact) mass is 203 g/mol. The Morgan fingerprint density at radius 3 is 3.14 bits per heavy atom. The van der Waals surface area contributed by atoms with Crippen LogP contribution >= 0.6 is 11.8 Å². The van der Waals surface area contributed by atoms with Gasteiger partial charge in [-0.15, -0.1) is 0 Å². The van der Waals surface area contributed by atoms with Crippen LogP contribution in [-0.2, 0) is 0 Å². The average Bonchev–Trinajstić information content (AvgIpc) is 2.71. The highest BCUT2D eigenvalue weighted by molar-refractivity contribution is 8.14. The molecule has 0 spiro atoms. The molecule has 2 rings (SSSR count). The number of nitrogens with zero attached hydrogens (tertiary/aromatic N) is 2. The molecular formula is C10H9N3S. The van der Waals surface area contributed by atoms with Crippen LogP contribution in [0.2, 0.25) is 0 Å². The molecule has 0 fully saturated rings. The van der Waals surface area contributed by atoms with Crippen molar-refractivity contribution < 1.29 is 0 Å². The number of amidine groups is 1. The zero-order chi connectivity index (χ0) is 9.80. The van der Waals surface area contributed by atoms with E-state index in [1.807, 2.05) is 18.2 Å². The molecule has 4 heteroatoms. The van der Waals surface area contributed by atoms with Crippen molar-refractivity contribution in [1.29, 1.82) is 5.26 Å². The lowest BCUT2D eigenvalue weighted by Gasteiger charge is -2.04. The zero-order valence-electron chi connectivity index (χ0n) is 7.53. The predicted molar refractivity (Wildman–Crippen MR) is 59.5 cm³/mol. The van der Waals surface area contributed by atoms with Gasteiger partial charge in [-0.1, -0.05) is 17.8 Å². The highest BCUT2D eigenvalue weighted by Gasteiger charge is 2.06. The minimum atomic E-state index is 0.665. The fourth-order valence-electron chi connectivity index (χ4n) is 1.20. The van der Waals surface area contributed by atoms with Gasteiger partial charge >= 0.3 is 0 Å². The van der Waals surface area contributed by atoms with Crippen LogP contribution in [0.5, 0.6) is 0 Å². The summed E-state index contributed by atoms with van der Waals surface area (Å²) in [7, 11) is 0. The summed E-state index contributed by atoms with van der Waals surface area (Å²) < 4.78 is 0. The predicted octanol–water partition coefficient (Wildman–Crippen LogP) is 2.07. The van der Waals surface area contributed by atoms with Crippen molar-refractivity contribution in [2.24, 2.45) is 4.99 Å². The molecule has 14 heavy (non-hydrogen) atoms. The molecule has 0 saturated carbocycles. The third kappa shape index (κ3) is 2.06. The van der Waals surface area contributed by atoms with Crippen molar-refractivity contribution in [3.63, 3.8) is 0 Å². The van der Waals surface area contributed by atoms with E-state index in [1.54, 1.807) is 17.8 Å². The molecule has 0 atom stereocenters. The summed E-state index contributed by atoms with van der Waals surface area (Å²) in [6.07, 6.45) is 0. The molecule has 0 bridgehead atoms. The van der Waals surface area contributed by atoms with Crippen LogP contribution < -0.4 is 5.32 Å². The molecule has 1 aliphatic heterocycles. The number of nitrogens with one attached hydrogen (secondary N) is 1. The molecule has 0 amide bonds. The van der Waals surface area contributed by atoms with Gasteiger partial charge in [-0.25, -0.2) is 0 Å². The van der Waals surface area contributed by atoms with Crippen LogP contribution in [-0.4, -0.2) is 17.5 Å². The average molecular weight is 203 g/mol. The zero-order valence-corrected chi connectivity index (χ0v) is 8.34. The third-order valence-corrected chi connectivity index (χ3v) is 2.72. The van der Waals surface area contributed by atoms with Gasteiger partial charge in [0.2, 0.25) is 0 Å².